The molecule has 1 N–H and O–H groups in total. The fourth-order valence-corrected chi connectivity index (χ4v) is 2.74. The van der Waals surface area contributed by atoms with Gasteiger partial charge in [-0.2, -0.15) is 0 Å². The molecule has 2 aromatic carbocycles. The van der Waals surface area contributed by atoms with E-state index in [0.717, 1.165) is 22.4 Å². The van der Waals surface area contributed by atoms with Crippen molar-refractivity contribution in [3.8, 4) is 0 Å². The molecular weight excluding hydrogens is 351 g/mol. The standard InChI is InChI=1S/C18H14Cl2N2.ClH/c1-12(17-10-21-11-22-17)18(13-2-6-15(19)7-3-13)14-4-8-16(20)9-5-14;/h2-11,18H,1H2,(H,21,22);1H. The van der Waals surface area contributed by atoms with Gasteiger partial charge in [0.05, 0.1) is 12.0 Å². The Balaban J connectivity index is 0.00000192. The summed E-state index contributed by atoms with van der Waals surface area (Å²) in [5.41, 5.74) is 3.99. The van der Waals surface area contributed by atoms with E-state index >= 15 is 0 Å². The molecule has 0 amide bonds. The number of aromatic nitrogens is 2. The lowest BCUT2D eigenvalue weighted by Gasteiger charge is -2.20. The third-order valence-electron chi connectivity index (χ3n) is 3.58. The first-order valence-corrected chi connectivity index (χ1v) is 7.59. The van der Waals surface area contributed by atoms with Crippen LogP contribution in [-0.2, 0) is 0 Å². The average Bonchev–Trinajstić information content (AvgIpc) is 3.05. The zero-order valence-electron chi connectivity index (χ0n) is 12.2. The quantitative estimate of drug-likeness (QED) is 0.605. The van der Waals surface area contributed by atoms with Crippen molar-refractivity contribution in [1.82, 2.24) is 9.97 Å². The zero-order chi connectivity index (χ0) is 15.5. The van der Waals surface area contributed by atoms with E-state index in [1.807, 2.05) is 54.7 Å². The van der Waals surface area contributed by atoms with E-state index in [-0.39, 0.29) is 18.3 Å². The minimum absolute atomic E-state index is 0. The summed E-state index contributed by atoms with van der Waals surface area (Å²) in [7, 11) is 0. The van der Waals surface area contributed by atoms with Gasteiger partial charge in [-0.3, -0.25) is 0 Å². The molecule has 0 aliphatic heterocycles. The molecule has 1 heterocycles. The van der Waals surface area contributed by atoms with Crippen LogP contribution in [0.25, 0.3) is 5.57 Å². The highest BCUT2D eigenvalue weighted by molar-refractivity contribution is 6.30. The molecule has 0 bridgehead atoms. The third kappa shape index (κ3) is 3.97. The SMILES string of the molecule is C=C(c1c[nH]cn1)C(c1ccc(Cl)cc1)c1ccc(Cl)cc1.Cl. The van der Waals surface area contributed by atoms with E-state index in [9.17, 15) is 0 Å². The largest absolute Gasteiger partial charge is 0.351 e. The minimum Gasteiger partial charge on any atom is -0.351 e. The van der Waals surface area contributed by atoms with Crippen molar-refractivity contribution in [1.29, 1.82) is 0 Å². The molecule has 0 fully saturated rings. The van der Waals surface area contributed by atoms with Crippen LogP contribution in [0.5, 0.6) is 0 Å². The molecule has 0 aliphatic rings. The Morgan fingerprint density at radius 1 is 0.913 bits per heavy atom. The Kier molecular flexibility index (Phi) is 5.89. The maximum atomic E-state index is 6.01. The number of allylic oxidation sites excluding steroid dienone is 1. The summed E-state index contributed by atoms with van der Waals surface area (Å²) in [6.45, 7) is 4.25. The molecule has 118 valence electrons. The van der Waals surface area contributed by atoms with Crippen molar-refractivity contribution in [2.45, 2.75) is 5.92 Å². The highest BCUT2D eigenvalue weighted by Gasteiger charge is 2.20. The van der Waals surface area contributed by atoms with E-state index in [1.54, 1.807) is 6.33 Å². The van der Waals surface area contributed by atoms with Gasteiger partial charge in [0.1, 0.15) is 0 Å². The number of aromatic amines is 1. The molecule has 0 atom stereocenters. The molecule has 23 heavy (non-hydrogen) atoms. The zero-order valence-corrected chi connectivity index (χ0v) is 14.5. The lowest BCUT2D eigenvalue weighted by molar-refractivity contribution is 1.04. The monoisotopic (exact) mass is 364 g/mol. The molecule has 0 unspecified atom stereocenters. The van der Waals surface area contributed by atoms with Crippen LogP contribution in [-0.4, -0.2) is 9.97 Å². The highest BCUT2D eigenvalue weighted by Crippen LogP contribution is 2.36. The molecule has 0 aliphatic carbocycles. The molecule has 0 saturated heterocycles. The van der Waals surface area contributed by atoms with E-state index in [2.05, 4.69) is 16.5 Å². The summed E-state index contributed by atoms with van der Waals surface area (Å²) in [5.74, 6) is -0.00201. The first-order chi connectivity index (χ1) is 10.6. The van der Waals surface area contributed by atoms with Gasteiger partial charge in [0.15, 0.2) is 0 Å². The lowest BCUT2D eigenvalue weighted by atomic mass is 9.84. The fraction of sp³-hybridized carbons (Fsp3) is 0.0556. The summed E-state index contributed by atoms with van der Waals surface area (Å²) < 4.78 is 0. The number of nitrogens with one attached hydrogen (secondary N) is 1. The number of hydrogen-bond donors (Lipinski definition) is 1. The van der Waals surface area contributed by atoms with Crippen LogP contribution in [0, 0.1) is 0 Å². The van der Waals surface area contributed by atoms with Gasteiger partial charge >= 0.3 is 0 Å². The Labute approximate surface area is 151 Å². The molecule has 1 aromatic heterocycles. The van der Waals surface area contributed by atoms with Crippen LogP contribution in [0.2, 0.25) is 10.0 Å². The molecule has 2 nitrogen and oxygen atoms in total. The number of nitrogens with zero attached hydrogens (tertiary/aromatic N) is 1. The van der Waals surface area contributed by atoms with Crippen molar-refractivity contribution in [2.75, 3.05) is 0 Å². The van der Waals surface area contributed by atoms with Crippen molar-refractivity contribution in [3.63, 3.8) is 0 Å². The molecule has 0 radical (unpaired) electrons. The van der Waals surface area contributed by atoms with Crippen LogP contribution in [0.3, 0.4) is 0 Å². The van der Waals surface area contributed by atoms with Crippen LogP contribution in [0.4, 0.5) is 0 Å². The number of hydrogen-bond acceptors (Lipinski definition) is 1. The first-order valence-electron chi connectivity index (χ1n) is 6.84. The predicted molar refractivity (Wildman–Crippen MR) is 99.6 cm³/mol. The highest BCUT2D eigenvalue weighted by atomic mass is 35.5. The first kappa shape index (κ1) is 17.6. The van der Waals surface area contributed by atoms with Gasteiger partial charge in [0.2, 0.25) is 0 Å². The fourth-order valence-electron chi connectivity index (χ4n) is 2.49. The normalized spacial score (nSPS) is 10.4. The van der Waals surface area contributed by atoms with Crippen LogP contribution in [0.1, 0.15) is 22.7 Å². The number of H-pyrrole nitrogens is 1. The number of halogens is 3. The van der Waals surface area contributed by atoms with Crippen molar-refractivity contribution < 1.29 is 0 Å². The van der Waals surface area contributed by atoms with Gasteiger partial charge in [-0.25, -0.2) is 4.98 Å². The third-order valence-corrected chi connectivity index (χ3v) is 4.09. The Morgan fingerprint density at radius 2 is 1.39 bits per heavy atom. The molecule has 0 saturated carbocycles. The van der Waals surface area contributed by atoms with Gasteiger partial charge in [-0.05, 0) is 41.0 Å². The summed E-state index contributed by atoms with van der Waals surface area (Å²) in [5, 5.41) is 1.42. The van der Waals surface area contributed by atoms with Gasteiger partial charge < -0.3 is 4.98 Å². The maximum Gasteiger partial charge on any atom is 0.0927 e. The molecule has 0 spiro atoms. The molecule has 5 heteroatoms. The van der Waals surface area contributed by atoms with Gasteiger partial charge in [0, 0.05) is 22.2 Å². The van der Waals surface area contributed by atoms with E-state index < -0.39 is 0 Å². The second kappa shape index (κ2) is 7.69. The Morgan fingerprint density at radius 3 is 1.78 bits per heavy atom. The van der Waals surface area contributed by atoms with Gasteiger partial charge in [-0.15, -0.1) is 12.4 Å². The lowest BCUT2D eigenvalue weighted by Crippen LogP contribution is -2.04. The number of rotatable bonds is 4. The molecule has 3 aromatic rings. The van der Waals surface area contributed by atoms with E-state index in [4.69, 9.17) is 23.2 Å². The maximum absolute atomic E-state index is 6.01. The number of benzene rings is 2. The van der Waals surface area contributed by atoms with E-state index in [0.29, 0.717) is 10.0 Å². The summed E-state index contributed by atoms with van der Waals surface area (Å²) in [4.78, 5) is 7.29. The van der Waals surface area contributed by atoms with Crippen molar-refractivity contribution in [3.05, 3.63) is 94.5 Å². The second-order valence-electron chi connectivity index (χ2n) is 5.02. The second-order valence-corrected chi connectivity index (χ2v) is 5.89. The minimum atomic E-state index is -0.00201. The van der Waals surface area contributed by atoms with Gasteiger partial charge in [0.25, 0.3) is 0 Å². The summed E-state index contributed by atoms with van der Waals surface area (Å²) >= 11 is 12.0. The topological polar surface area (TPSA) is 28.7 Å². The number of imidazole rings is 1. The molecular formula is C18H15Cl3N2. The van der Waals surface area contributed by atoms with E-state index in [1.165, 1.54) is 0 Å². The van der Waals surface area contributed by atoms with Gasteiger partial charge in [-0.1, -0.05) is 54.0 Å². The van der Waals surface area contributed by atoms with Crippen LogP contribution < -0.4 is 0 Å². The predicted octanol–water partition coefficient (Wildman–Crippen LogP) is 5.98. The molecule has 3 rings (SSSR count). The Hall–Kier alpha value is -1.74. The van der Waals surface area contributed by atoms with Crippen molar-refractivity contribution in [2.24, 2.45) is 0 Å². The van der Waals surface area contributed by atoms with Crippen molar-refractivity contribution >= 4 is 41.2 Å². The average molecular weight is 366 g/mol. The van der Waals surface area contributed by atoms with Crippen LogP contribution >= 0.6 is 35.6 Å². The Bertz CT molecular complexity index is 718. The van der Waals surface area contributed by atoms with Crippen LogP contribution in [0.15, 0.2) is 67.6 Å². The smallest absolute Gasteiger partial charge is 0.0927 e. The summed E-state index contributed by atoms with van der Waals surface area (Å²) in [6.07, 6.45) is 3.50. The summed E-state index contributed by atoms with van der Waals surface area (Å²) in [6, 6.07) is 15.6.